The van der Waals surface area contributed by atoms with Gasteiger partial charge in [0.15, 0.2) is 11.5 Å². The second-order valence-corrected chi connectivity index (χ2v) is 6.39. The minimum Gasteiger partial charge on any atom is -0.440 e. The number of para-hydroxylation sites is 2. The number of amides is 1. The van der Waals surface area contributed by atoms with Gasteiger partial charge in [-0.15, -0.1) is 0 Å². The highest BCUT2D eigenvalue weighted by Gasteiger charge is 2.28. The summed E-state index contributed by atoms with van der Waals surface area (Å²) in [4.78, 5) is 29.3. The Balaban J connectivity index is 1.45. The van der Waals surface area contributed by atoms with E-state index in [0.717, 1.165) is 23.9 Å². The number of piperidine rings is 1. The van der Waals surface area contributed by atoms with Gasteiger partial charge < -0.3 is 9.32 Å². The third kappa shape index (κ3) is 3.03. The van der Waals surface area contributed by atoms with E-state index in [9.17, 15) is 14.9 Å². The maximum Gasteiger partial charge on any atom is 0.270 e. The fourth-order valence-electron chi connectivity index (χ4n) is 3.33. The van der Waals surface area contributed by atoms with Crippen LogP contribution in [-0.2, 0) is 0 Å². The summed E-state index contributed by atoms with van der Waals surface area (Å²) in [7, 11) is 0. The van der Waals surface area contributed by atoms with E-state index < -0.39 is 4.92 Å². The van der Waals surface area contributed by atoms with Gasteiger partial charge >= 0.3 is 0 Å². The maximum atomic E-state index is 12.6. The molecule has 2 aromatic carbocycles. The van der Waals surface area contributed by atoms with Crippen molar-refractivity contribution in [2.45, 2.75) is 18.8 Å². The average molecular weight is 351 g/mol. The first-order valence-corrected chi connectivity index (χ1v) is 8.51. The van der Waals surface area contributed by atoms with Crippen LogP contribution in [-0.4, -0.2) is 33.8 Å². The summed E-state index contributed by atoms with van der Waals surface area (Å²) in [5, 5.41) is 10.9. The molecule has 1 aliphatic rings. The number of likely N-dealkylation sites (tertiary alicyclic amines) is 1. The molecule has 7 heteroatoms. The molecule has 3 aromatic rings. The molecule has 0 radical (unpaired) electrons. The molecule has 132 valence electrons. The zero-order chi connectivity index (χ0) is 18.1. The molecule has 7 nitrogen and oxygen atoms in total. The predicted molar refractivity (Wildman–Crippen MR) is 95.0 cm³/mol. The Morgan fingerprint density at radius 1 is 1.15 bits per heavy atom. The first-order chi connectivity index (χ1) is 12.6. The zero-order valence-corrected chi connectivity index (χ0v) is 14.0. The van der Waals surface area contributed by atoms with Crippen LogP contribution in [0.2, 0.25) is 0 Å². The van der Waals surface area contributed by atoms with Crippen LogP contribution in [0, 0.1) is 10.1 Å². The van der Waals surface area contributed by atoms with Crippen LogP contribution in [0.25, 0.3) is 11.1 Å². The fourth-order valence-corrected chi connectivity index (χ4v) is 3.33. The Hall–Kier alpha value is -3.22. The molecule has 0 atom stereocenters. The molecule has 0 aliphatic carbocycles. The van der Waals surface area contributed by atoms with Crippen molar-refractivity contribution in [1.82, 2.24) is 9.88 Å². The molecule has 0 saturated carbocycles. The van der Waals surface area contributed by atoms with E-state index in [1.807, 2.05) is 24.3 Å². The number of carbonyl (C=O) groups excluding carboxylic acids is 1. The normalized spacial score (nSPS) is 15.3. The van der Waals surface area contributed by atoms with Crippen LogP contribution in [0.3, 0.4) is 0 Å². The number of aromatic nitrogens is 1. The molecule has 1 aliphatic heterocycles. The van der Waals surface area contributed by atoms with E-state index in [4.69, 9.17) is 4.42 Å². The molecule has 0 bridgehead atoms. The summed E-state index contributed by atoms with van der Waals surface area (Å²) < 4.78 is 5.84. The molecule has 1 aromatic heterocycles. The van der Waals surface area contributed by atoms with Crippen molar-refractivity contribution >= 4 is 22.7 Å². The summed E-state index contributed by atoms with van der Waals surface area (Å²) in [6.45, 7) is 1.15. The Bertz CT molecular complexity index is 941. The molecule has 1 amide bonds. The Kier molecular flexibility index (Phi) is 4.12. The number of nitro groups is 1. The number of benzene rings is 2. The lowest BCUT2D eigenvalue weighted by Crippen LogP contribution is -2.38. The smallest absolute Gasteiger partial charge is 0.270 e. The van der Waals surface area contributed by atoms with Crippen molar-refractivity contribution < 1.29 is 14.1 Å². The fraction of sp³-hybridized carbons (Fsp3) is 0.263. The minimum absolute atomic E-state index is 0.0720. The van der Waals surface area contributed by atoms with E-state index in [1.165, 1.54) is 18.2 Å². The van der Waals surface area contributed by atoms with Gasteiger partial charge in [-0.1, -0.05) is 18.2 Å². The molecule has 0 N–H and O–H groups in total. The van der Waals surface area contributed by atoms with Gasteiger partial charge in [-0.05, 0) is 31.0 Å². The Morgan fingerprint density at radius 3 is 2.65 bits per heavy atom. The van der Waals surface area contributed by atoms with E-state index in [2.05, 4.69) is 4.98 Å². The molecular weight excluding hydrogens is 334 g/mol. The first-order valence-electron chi connectivity index (χ1n) is 8.51. The van der Waals surface area contributed by atoms with Gasteiger partial charge in [-0.2, -0.15) is 0 Å². The van der Waals surface area contributed by atoms with Crippen molar-refractivity contribution in [3.05, 3.63) is 70.1 Å². The number of carbonyl (C=O) groups is 1. The van der Waals surface area contributed by atoms with Crippen LogP contribution in [0.1, 0.15) is 35.0 Å². The number of oxazole rings is 1. The lowest BCUT2D eigenvalue weighted by Gasteiger charge is -2.30. The summed E-state index contributed by atoms with van der Waals surface area (Å²) in [5.41, 5.74) is 1.90. The number of fused-ring (bicyclic) bond motifs is 1. The van der Waals surface area contributed by atoms with Crippen LogP contribution < -0.4 is 0 Å². The lowest BCUT2D eigenvalue weighted by atomic mass is 9.96. The van der Waals surface area contributed by atoms with Crippen molar-refractivity contribution in [3.8, 4) is 0 Å². The largest absolute Gasteiger partial charge is 0.440 e. The number of non-ortho nitro benzene ring substituents is 1. The van der Waals surface area contributed by atoms with Gasteiger partial charge in [0.25, 0.3) is 11.6 Å². The minimum atomic E-state index is -0.490. The molecule has 2 heterocycles. The standard InChI is InChI=1S/C19H17N3O4/c23-19(14-4-3-5-15(12-14)22(24)25)21-10-8-13(9-11-21)18-20-16-6-1-2-7-17(16)26-18/h1-7,12-13H,8-11H2. The Labute approximate surface area is 149 Å². The summed E-state index contributed by atoms with van der Waals surface area (Å²) in [6, 6.07) is 13.5. The van der Waals surface area contributed by atoms with E-state index in [1.54, 1.807) is 11.0 Å². The number of nitro benzene ring substituents is 1. The van der Waals surface area contributed by atoms with E-state index >= 15 is 0 Å². The van der Waals surface area contributed by atoms with Gasteiger partial charge in [-0.25, -0.2) is 4.98 Å². The average Bonchev–Trinajstić information content (AvgIpc) is 3.12. The van der Waals surface area contributed by atoms with Crippen molar-refractivity contribution in [1.29, 1.82) is 0 Å². The number of rotatable bonds is 3. The monoisotopic (exact) mass is 351 g/mol. The highest BCUT2D eigenvalue weighted by Crippen LogP contribution is 2.30. The first kappa shape index (κ1) is 16.3. The van der Waals surface area contributed by atoms with Crippen LogP contribution in [0.5, 0.6) is 0 Å². The number of nitrogens with zero attached hydrogens (tertiary/aromatic N) is 3. The van der Waals surface area contributed by atoms with Gasteiger partial charge in [-0.3, -0.25) is 14.9 Å². The summed E-state index contributed by atoms with van der Waals surface area (Å²) in [6.07, 6.45) is 1.51. The highest BCUT2D eigenvalue weighted by atomic mass is 16.6. The van der Waals surface area contributed by atoms with Crippen LogP contribution in [0.15, 0.2) is 52.9 Å². The molecular formula is C19H17N3O4. The van der Waals surface area contributed by atoms with E-state index in [0.29, 0.717) is 24.5 Å². The van der Waals surface area contributed by atoms with Crippen molar-refractivity contribution in [2.75, 3.05) is 13.1 Å². The quantitative estimate of drug-likeness (QED) is 0.529. The topological polar surface area (TPSA) is 89.5 Å². The van der Waals surface area contributed by atoms with Crippen molar-refractivity contribution in [3.63, 3.8) is 0 Å². The summed E-state index contributed by atoms with van der Waals surface area (Å²) in [5.74, 6) is 0.718. The van der Waals surface area contributed by atoms with Gasteiger partial charge in [0.2, 0.25) is 0 Å². The molecule has 0 unspecified atom stereocenters. The molecule has 1 saturated heterocycles. The summed E-state index contributed by atoms with van der Waals surface area (Å²) >= 11 is 0. The van der Waals surface area contributed by atoms with Crippen molar-refractivity contribution in [2.24, 2.45) is 0 Å². The predicted octanol–water partition coefficient (Wildman–Crippen LogP) is 3.76. The van der Waals surface area contributed by atoms with Crippen LogP contribution >= 0.6 is 0 Å². The van der Waals surface area contributed by atoms with Gasteiger partial charge in [0.05, 0.1) is 4.92 Å². The highest BCUT2D eigenvalue weighted by molar-refractivity contribution is 5.94. The molecule has 1 fully saturated rings. The lowest BCUT2D eigenvalue weighted by molar-refractivity contribution is -0.384. The third-order valence-electron chi connectivity index (χ3n) is 4.75. The second kappa shape index (κ2) is 6.59. The van der Waals surface area contributed by atoms with Gasteiger partial charge in [0.1, 0.15) is 5.52 Å². The molecule has 26 heavy (non-hydrogen) atoms. The molecule has 4 rings (SSSR count). The second-order valence-electron chi connectivity index (χ2n) is 6.39. The maximum absolute atomic E-state index is 12.6. The number of hydrogen-bond acceptors (Lipinski definition) is 5. The molecule has 0 spiro atoms. The van der Waals surface area contributed by atoms with Crippen LogP contribution in [0.4, 0.5) is 5.69 Å². The third-order valence-corrected chi connectivity index (χ3v) is 4.75. The van der Waals surface area contributed by atoms with Gasteiger partial charge in [0, 0.05) is 36.7 Å². The Morgan fingerprint density at radius 2 is 1.92 bits per heavy atom. The van der Waals surface area contributed by atoms with E-state index in [-0.39, 0.29) is 17.5 Å². The number of hydrogen-bond donors (Lipinski definition) is 0. The zero-order valence-electron chi connectivity index (χ0n) is 14.0. The SMILES string of the molecule is O=C(c1cccc([N+](=O)[O-])c1)N1CCC(c2nc3ccccc3o2)CC1.